The Labute approximate surface area is 112 Å². The molecule has 1 aromatic heterocycles. The number of hydrogen-bond donors (Lipinski definition) is 2. The quantitative estimate of drug-likeness (QED) is 0.763. The Morgan fingerprint density at radius 3 is 2.63 bits per heavy atom. The standard InChI is InChI=1S/C13H19N3O3/c1-3-16(4-2)8-7-15-12(17)10-5-6-14-11(9-10)13(18)19/h5-6,9H,3-4,7-8H2,1-2H3,(H,15,17)(H,18,19). The van der Waals surface area contributed by atoms with Gasteiger partial charge in [0.15, 0.2) is 0 Å². The predicted molar refractivity (Wildman–Crippen MR) is 71.3 cm³/mol. The lowest BCUT2D eigenvalue weighted by molar-refractivity contribution is 0.0690. The van der Waals surface area contributed by atoms with Crippen LogP contribution in [-0.4, -0.2) is 53.0 Å². The first-order chi connectivity index (χ1) is 9.08. The lowest BCUT2D eigenvalue weighted by Gasteiger charge is -2.17. The maximum absolute atomic E-state index is 11.8. The summed E-state index contributed by atoms with van der Waals surface area (Å²) in [5, 5.41) is 11.6. The number of aromatic nitrogens is 1. The summed E-state index contributed by atoms with van der Waals surface area (Å²) < 4.78 is 0. The van der Waals surface area contributed by atoms with E-state index < -0.39 is 5.97 Å². The van der Waals surface area contributed by atoms with Gasteiger partial charge in [-0.25, -0.2) is 9.78 Å². The van der Waals surface area contributed by atoms with Crippen molar-refractivity contribution in [3.05, 3.63) is 29.6 Å². The maximum atomic E-state index is 11.8. The molecular formula is C13H19N3O3. The number of nitrogens with one attached hydrogen (secondary N) is 1. The van der Waals surface area contributed by atoms with Gasteiger partial charge in [-0.15, -0.1) is 0 Å². The zero-order chi connectivity index (χ0) is 14.3. The number of nitrogens with zero attached hydrogens (tertiary/aromatic N) is 2. The van der Waals surface area contributed by atoms with Crippen LogP contribution < -0.4 is 5.32 Å². The lowest BCUT2D eigenvalue weighted by atomic mass is 10.2. The molecule has 0 aromatic carbocycles. The topological polar surface area (TPSA) is 82.5 Å². The second-order valence-electron chi connectivity index (χ2n) is 4.02. The number of carboxylic acid groups (broad SMARTS) is 1. The van der Waals surface area contributed by atoms with Crippen LogP contribution in [0.15, 0.2) is 18.3 Å². The van der Waals surface area contributed by atoms with Crippen LogP contribution in [0.5, 0.6) is 0 Å². The van der Waals surface area contributed by atoms with Crippen LogP contribution in [0.25, 0.3) is 0 Å². The molecule has 6 nitrogen and oxygen atoms in total. The van der Waals surface area contributed by atoms with Crippen molar-refractivity contribution < 1.29 is 14.7 Å². The predicted octanol–water partition coefficient (Wildman–Crippen LogP) is 0.851. The number of likely N-dealkylation sites (N-methyl/N-ethyl adjacent to an activating group) is 1. The van der Waals surface area contributed by atoms with Gasteiger partial charge in [-0.1, -0.05) is 13.8 Å². The van der Waals surface area contributed by atoms with Crippen molar-refractivity contribution in [3.63, 3.8) is 0 Å². The maximum Gasteiger partial charge on any atom is 0.354 e. The molecule has 104 valence electrons. The van der Waals surface area contributed by atoms with E-state index in [-0.39, 0.29) is 11.6 Å². The molecule has 0 aliphatic heterocycles. The van der Waals surface area contributed by atoms with E-state index in [1.807, 2.05) is 0 Å². The third-order valence-electron chi connectivity index (χ3n) is 2.85. The molecule has 1 aromatic rings. The van der Waals surface area contributed by atoms with Gasteiger partial charge in [0.05, 0.1) is 0 Å². The van der Waals surface area contributed by atoms with Crippen LogP contribution in [0.2, 0.25) is 0 Å². The summed E-state index contributed by atoms with van der Waals surface area (Å²) >= 11 is 0. The van der Waals surface area contributed by atoms with Crippen LogP contribution >= 0.6 is 0 Å². The summed E-state index contributed by atoms with van der Waals surface area (Å²) in [6, 6.07) is 2.77. The highest BCUT2D eigenvalue weighted by atomic mass is 16.4. The van der Waals surface area contributed by atoms with Gasteiger partial charge in [0.25, 0.3) is 5.91 Å². The SMILES string of the molecule is CCN(CC)CCNC(=O)c1ccnc(C(=O)O)c1. The molecule has 0 spiro atoms. The number of carbonyl (C=O) groups excluding carboxylic acids is 1. The summed E-state index contributed by atoms with van der Waals surface area (Å²) in [4.78, 5) is 28.4. The van der Waals surface area contributed by atoms with E-state index >= 15 is 0 Å². The van der Waals surface area contributed by atoms with Crippen molar-refractivity contribution in [3.8, 4) is 0 Å². The minimum Gasteiger partial charge on any atom is -0.477 e. The zero-order valence-corrected chi connectivity index (χ0v) is 11.2. The van der Waals surface area contributed by atoms with Crippen molar-refractivity contribution in [1.29, 1.82) is 0 Å². The molecule has 0 atom stereocenters. The molecule has 0 radical (unpaired) electrons. The number of pyridine rings is 1. The molecule has 6 heteroatoms. The fourth-order valence-corrected chi connectivity index (χ4v) is 1.66. The summed E-state index contributed by atoms with van der Waals surface area (Å²) in [6.45, 7) is 7.30. The normalized spacial score (nSPS) is 10.5. The summed E-state index contributed by atoms with van der Waals surface area (Å²) in [5.41, 5.74) is 0.184. The molecule has 0 unspecified atom stereocenters. The Kier molecular flexibility index (Phi) is 5.95. The molecule has 0 saturated carbocycles. The largest absolute Gasteiger partial charge is 0.477 e. The van der Waals surface area contributed by atoms with Crippen LogP contribution in [-0.2, 0) is 0 Å². The van der Waals surface area contributed by atoms with E-state index in [0.717, 1.165) is 19.6 Å². The number of rotatable bonds is 7. The average molecular weight is 265 g/mol. The first kappa shape index (κ1) is 15.1. The van der Waals surface area contributed by atoms with E-state index in [2.05, 4.69) is 29.0 Å². The van der Waals surface area contributed by atoms with E-state index in [0.29, 0.717) is 12.1 Å². The van der Waals surface area contributed by atoms with Gasteiger partial charge in [0, 0.05) is 24.8 Å². The minimum atomic E-state index is -1.14. The van der Waals surface area contributed by atoms with E-state index in [1.165, 1.54) is 18.3 Å². The zero-order valence-electron chi connectivity index (χ0n) is 11.2. The average Bonchev–Trinajstić information content (AvgIpc) is 2.43. The van der Waals surface area contributed by atoms with Gasteiger partial charge < -0.3 is 15.3 Å². The van der Waals surface area contributed by atoms with Crippen molar-refractivity contribution in [1.82, 2.24) is 15.2 Å². The molecule has 1 rings (SSSR count). The summed E-state index contributed by atoms with van der Waals surface area (Å²) in [5.74, 6) is -1.42. The highest BCUT2D eigenvalue weighted by Gasteiger charge is 2.10. The Bertz CT molecular complexity index is 445. The Balaban J connectivity index is 2.54. The molecule has 1 amide bonds. The van der Waals surface area contributed by atoms with Gasteiger partial charge in [-0.05, 0) is 25.2 Å². The number of carboxylic acids is 1. The number of aromatic carboxylic acids is 1. The second kappa shape index (κ2) is 7.48. The molecule has 0 fully saturated rings. The molecule has 0 aliphatic carbocycles. The molecule has 1 heterocycles. The minimum absolute atomic E-state index is 0.128. The summed E-state index contributed by atoms with van der Waals surface area (Å²) in [6.07, 6.45) is 1.32. The molecule has 2 N–H and O–H groups in total. The van der Waals surface area contributed by atoms with Crippen molar-refractivity contribution in [2.75, 3.05) is 26.2 Å². The number of carbonyl (C=O) groups is 2. The highest BCUT2D eigenvalue weighted by molar-refractivity contribution is 5.96. The van der Waals surface area contributed by atoms with Crippen LogP contribution in [0.4, 0.5) is 0 Å². The van der Waals surface area contributed by atoms with Gasteiger partial charge in [-0.2, -0.15) is 0 Å². The van der Waals surface area contributed by atoms with Gasteiger partial charge >= 0.3 is 5.97 Å². The molecule has 0 saturated heterocycles. The van der Waals surface area contributed by atoms with E-state index in [9.17, 15) is 9.59 Å². The molecule has 19 heavy (non-hydrogen) atoms. The first-order valence-electron chi connectivity index (χ1n) is 6.28. The van der Waals surface area contributed by atoms with Gasteiger partial charge in [0.1, 0.15) is 5.69 Å². The smallest absolute Gasteiger partial charge is 0.354 e. The number of hydrogen-bond acceptors (Lipinski definition) is 4. The third-order valence-corrected chi connectivity index (χ3v) is 2.85. The molecular weight excluding hydrogens is 246 g/mol. The van der Waals surface area contributed by atoms with Crippen molar-refractivity contribution in [2.24, 2.45) is 0 Å². The van der Waals surface area contributed by atoms with E-state index in [1.54, 1.807) is 0 Å². The fourth-order valence-electron chi connectivity index (χ4n) is 1.66. The van der Waals surface area contributed by atoms with Crippen LogP contribution in [0, 0.1) is 0 Å². The molecule has 0 aliphatic rings. The Morgan fingerprint density at radius 2 is 2.05 bits per heavy atom. The first-order valence-corrected chi connectivity index (χ1v) is 6.28. The highest BCUT2D eigenvalue weighted by Crippen LogP contribution is 2.01. The summed E-state index contributed by atoms with van der Waals surface area (Å²) in [7, 11) is 0. The monoisotopic (exact) mass is 265 g/mol. The number of amides is 1. The van der Waals surface area contributed by atoms with Crippen LogP contribution in [0.1, 0.15) is 34.7 Å². The second-order valence-corrected chi connectivity index (χ2v) is 4.02. The Hall–Kier alpha value is -1.95. The van der Waals surface area contributed by atoms with Gasteiger partial charge in [0.2, 0.25) is 0 Å². The van der Waals surface area contributed by atoms with Gasteiger partial charge in [-0.3, -0.25) is 4.79 Å². The van der Waals surface area contributed by atoms with E-state index in [4.69, 9.17) is 5.11 Å². The third kappa shape index (κ3) is 4.67. The molecule has 0 bridgehead atoms. The van der Waals surface area contributed by atoms with Crippen LogP contribution in [0.3, 0.4) is 0 Å². The van der Waals surface area contributed by atoms with Crippen molar-refractivity contribution >= 4 is 11.9 Å². The Morgan fingerprint density at radius 1 is 1.37 bits per heavy atom. The fraction of sp³-hybridized carbons (Fsp3) is 0.462. The lowest BCUT2D eigenvalue weighted by Crippen LogP contribution is -2.34. The van der Waals surface area contributed by atoms with Crippen molar-refractivity contribution in [2.45, 2.75) is 13.8 Å².